The number of amides is 3. The molecule has 1 saturated heterocycles. The van der Waals surface area contributed by atoms with Crippen LogP contribution in [0.15, 0.2) is 76.1 Å². The molecule has 4 rings (SSSR count). The molecule has 0 aliphatic carbocycles. The van der Waals surface area contributed by atoms with Gasteiger partial charge in [-0.1, -0.05) is 45.7 Å². The number of nitrogens with zero attached hydrogens (tertiary/aromatic N) is 1. The number of halogens is 3. The fraction of sp³-hybridized carbons (Fsp3) is 0.0800. The fourth-order valence-electron chi connectivity index (χ4n) is 3.18. The lowest BCUT2D eigenvalue weighted by Crippen LogP contribution is -2.36. The lowest BCUT2D eigenvalue weighted by atomic mass is 10.2. The van der Waals surface area contributed by atoms with Gasteiger partial charge in [0.25, 0.3) is 11.1 Å². The van der Waals surface area contributed by atoms with Crippen molar-refractivity contribution >= 4 is 68.1 Å². The van der Waals surface area contributed by atoms with Gasteiger partial charge >= 0.3 is 0 Å². The van der Waals surface area contributed by atoms with E-state index in [9.17, 15) is 18.8 Å². The van der Waals surface area contributed by atoms with Gasteiger partial charge in [0.1, 0.15) is 24.7 Å². The standard InChI is InChI=1S/C25H17BrClFN2O4S/c26-16-7-9-17(10-8-16)29-23(31)13-30-24(32)22(35-25(30)33)12-15-3-1-4-18(11-15)34-14-19-20(27)5-2-6-21(19)28/h1-12H,13-14H2,(H,29,31)/b22-12+. The molecule has 3 amide bonds. The number of hydrogen-bond acceptors (Lipinski definition) is 5. The zero-order valence-corrected chi connectivity index (χ0v) is 21.1. The van der Waals surface area contributed by atoms with Crippen LogP contribution in [0.2, 0.25) is 5.02 Å². The molecule has 0 unspecified atom stereocenters. The third-order valence-electron chi connectivity index (χ3n) is 4.90. The van der Waals surface area contributed by atoms with Crippen molar-refractivity contribution in [2.24, 2.45) is 0 Å². The molecule has 0 aromatic heterocycles. The molecule has 1 fully saturated rings. The van der Waals surface area contributed by atoms with Crippen LogP contribution in [0.25, 0.3) is 6.08 Å². The molecule has 178 valence electrons. The number of ether oxygens (including phenoxy) is 1. The minimum absolute atomic E-state index is 0.0705. The van der Waals surface area contributed by atoms with Crippen molar-refractivity contribution in [3.05, 3.63) is 98.1 Å². The number of carbonyl (C=O) groups is 3. The summed E-state index contributed by atoms with van der Waals surface area (Å²) >= 11 is 10.1. The number of nitrogens with one attached hydrogen (secondary N) is 1. The molecule has 0 bridgehead atoms. The third kappa shape index (κ3) is 6.30. The largest absolute Gasteiger partial charge is 0.489 e. The highest BCUT2D eigenvalue weighted by Crippen LogP contribution is 2.33. The molecule has 0 saturated carbocycles. The number of thioether (sulfide) groups is 1. The lowest BCUT2D eigenvalue weighted by Gasteiger charge is -2.12. The van der Waals surface area contributed by atoms with Gasteiger partial charge in [-0.2, -0.15) is 0 Å². The van der Waals surface area contributed by atoms with Gasteiger partial charge in [0.05, 0.1) is 9.93 Å². The minimum atomic E-state index is -0.560. The topological polar surface area (TPSA) is 75.7 Å². The number of rotatable bonds is 7. The van der Waals surface area contributed by atoms with Crippen molar-refractivity contribution in [2.75, 3.05) is 11.9 Å². The number of imide groups is 1. The van der Waals surface area contributed by atoms with E-state index in [1.54, 1.807) is 60.7 Å². The molecule has 0 atom stereocenters. The van der Waals surface area contributed by atoms with E-state index in [0.29, 0.717) is 17.0 Å². The summed E-state index contributed by atoms with van der Waals surface area (Å²) in [5.41, 5.74) is 1.39. The first-order chi connectivity index (χ1) is 16.8. The zero-order valence-electron chi connectivity index (χ0n) is 18.0. The molecular formula is C25H17BrClFN2O4S. The summed E-state index contributed by atoms with van der Waals surface area (Å²) in [6.07, 6.45) is 1.54. The maximum Gasteiger partial charge on any atom is 0.294 e. The Morgan fingerprint density at radius 1 is 1.11 bits per heavy atom. The van der Waals surface area contributed by atoms with Crippen molar-refractivity contribution < 1.29 is 23.5 Å². The molecule has 1 aliphatic heterocycles. The fourth-order valence-corrected chi connectivity index (χ4v) is 4.51. The second-order valence-electron chi connectivity index (χ2n) is 7.38. The van der Waals surface area contributed by atoms with Crippen LogP contribution in [0.1, 0.15) is 11.1 Å². The summed E-state index contributed by atoms with van der Waals surface area (Å²) in [5, 5.41) is 2.39. The second-order valence-corrected chi connectivity index (χ2v) is 9.70. The molecule has 6 nitrogen and oxygen atoms in total. The van der Waals surface area contributed by atoms with Crippen LogP contribution in [0, 0.1) is 5.82 Å². The van der Waals surface area contributed by atoms with Crippen LogP contribution >= 0.6 is 39.3 Å². The SMILES string of the molecule is O=C(CN1C(=O)S/C(=C/c2cccc(OCc3c(F)cccc3Cl)c2)C1=O)Nc1ccc(Br)cc1. The van der Waals surface area contributed by atoms with Crippen LogP contribution in [-0.2, 0) is 16.2 Å². The quantitative estimate of drug-likeness (QED) is 0.326. The summed E-state index contributed by atoms with van der Waals surface area (Å²) in [5.74, 6) is -1.08. The van der Waals surface area contributed by atoms with Crippen LogP contribution in [0.3, 0.4) is 0 Å². The Balaban J connectivity index is 1.41. The van der Waals surface area contributed by atoms with E-state index in [0.717, 1.165) is 21.1 Å². The van der Waals surface area contributed by atoms with Crippen LogP contribution in [-0.4, -0.2) is 28.5 Å². The van der Waals surface area contributed by atoms with Crippen molar-refractivity contribution in [2.45, 2.75) is 6.61 Å². The van der Waals surface area contributed by atoms with E-state index >= 15 is 0 Å². The maximum absolute atomic E-state index is 14.0. The van der Waals surface area contributed by atoms with Gasteiger partial charge in [-0.3, -0.25) is 19.3 Å². The molecule has 35 heavy (non-hydrogen) atoms. The molecule has 3 aromatic carbocycles. The highest BCUT2D eigenvalue weighted by atomic mass is 79.9. The van der Waals surface area contributed by atoms with Crippen molar-refractivity contribution in [3.8, 4) is 5.75 Å². The van der Waals surface area contributed by atoms with Crippen molar-refractivity contribution in [3.63, 3.8) is 0 Å². The van der Waals surface area contributed by atoms with E-state index < -0.39 is 29.4 Å². The highest BCUT2D eigenvalue weighted by Gasteiger charge is 2.36. The molecule has 1 heterocycles. The van der Waals surface area contributed by atoms with Gasteiger partial charge in [0, 0.05) is 15.7 Å². The Labute approximate surface area is 218 Å². The zero-order chi connectivity index (χ0) is 24.9. The smallest absolute Gasteiger partial charge is 0.294 e. The van der Waals surface area contributed by atoms with E-state index in [1.165, 1.54) is 12.1 Å². The van der Waals surface area contributed by atoms with E-state index in [2.05, 4.69) is 21.2 Å². The Morgan fingerprint density at radius 2 is 1.86 bits per heavy atom. The predicted octanol–water partition coefficient (Wildman–Crippen LogP) is 6.50. The summed E-state index contributed by atoms with van der Waals surface area (Å²) in [6.45, 7) is -0.469. The van der Waals surface area contributed by atoms with Crippen LogP contribution in [0.5, 0.6) is 5.75 Å². The summed E-state index contributed by atoms with van der Waals surface area (Å²) < 4.78 is 20.5. The Hall–Kier alpha value is -3.14. The molecule has 1 N–H and O–H groups in total. The summed E-state index contributed by atoms with van der Waals surface area (Å²) in [6, 6.07) is 18.1. The average molecular weight is 576 g/mol. The Bertz CT molecular complexity index is 1310. The number of anilines is 1. The summed E-state index contributed by atoms with van der Waals surface area (Å²) in [4.78, 5) is 38.6. The van der Waals surface area contributed by atoms with Crippen LogP contribution in [0.4, 0.5) is 14.9 Å². The number of carbonyl (C=O) groups excluding carboxylic acids is 3. The van der Waals surface area contributed by atoms with E-state index in [1.807, 2.05) is 0 Å². The lowest BCUT2D eigenvalue weighted by molar-refractivity contribution is -0.127. The second kappa shape index (κ2) is 11.1. The predicted molar refractivity (Wildman–Crippen MR) is 138 cm³/mol. The first-order valence-corrected chi connectivity index (χ1v) is 12.3. The Kier molecular flexibility index (Phi) is 7.90. The van der Waals surface area contributed by atoms with Gasteiger partial charge in [0.15, 0.2) is 0 Å². The van der Waals surface area contributed by atoms with Gasteiger partial charge in [0.2, 0.25) is 5.91 Å². The first kappa shape index (κ1) is 25.0. The first-order valence-electron chi connectivity index (χ1n) is 10.3. The number of benzene rings is 3. The van der Waals surface area contributed by atoms with Crippen molar-refractivity contribution in [1.29, 1.82) is 0 Å². The van der Waals surface area contributed by atoms with E-state index in [-0.39, 0.29) is 22.1 Å². The Morgan fingerprint density at radius 3 is 2.60 bits per heavy atom. The van der Waals surface area contributed by atoms with Gasteiger partial charge in [-0.15, -0.1) is 0 Å². The normalized spacial score (nSPS) is 14.5. The van der Waals surface area contributed by atoms with Gasteiger partial charge in [-0.25, -0.2) is 4.39 Å². The molecule has 0 spiro atoms. The maximum atomic E-state index is 14.0. The molecular weight excluding hydrogens is 559 g/mol. The van der Waals surface area contributed by atoms with Gasteiger partial charge < -0.3 is 10.1 Å². The molecule has 10 heteroatoms. The molecule has 1 aliphatic rings. The summed E-state index contributed by atoms with van der Waals surface area (Å²) in [7, 11) is 0. The average Bonchev–Trinajstić information content (AvgIpc) is 3.08. The number of hydrogen-bond donors (Lipinski definition) is 1. The molecule has 0 radical (unpaired) electrons. The minimum Gasteiger partial charge on any atom is -0.489 e. The van der Waals surface area contributed by atoms with Gasteiger partial charge in [-0.05, 0) is 71.9 Å². The molecule has 3 aromatic rings. The third-order valence-corrected chi connectivity index (χ3v) is 6.69. The van der Waals surface area contributed by atoms with E-state index in [4.69, 9.17) is 16.3 Å². The monoisotopic (exact) mass is 574 g/mol. The van der Waals surface area contributed by atoms with Crippen LogP contribution < -0.4 is 10.1 Å². The highest BCUT2D eigenvalue weighted by molar-refractivity contribution is 9.10. The van der Waals surface area contributed by atoms with Crippen molar-refractivity contribution in [1.82, 2.24) is 4.90 Å².